The topological polar surface area (TPSA) is 20.2 Å². The largest absolute Gasteiger partial charge is 0.396 e. The van der Waals surface area contributed by atoms with Gasteiger partial charge in [0, 0.05) is 6.61 Å². The van der Waals surface area contributed by atoms with E-state index in [2.05, 4.69) is 30.3 Å². The molecule has 15 heavy (non-hydrogen) atoms. The van der Waals surface area contributed by atoms with E-state index in [1.54, 1.807) is 0 Å². The Morgan fingerprint density at radius 2 is 1.80 bits per heavy atom. The van der Waals surface area contributed by atoms with E-state index in [0.717, 1.165) is 12.3 Å². The van der Waals surface area contributed by atoms with Gasteiger partial charge in [-0.1, -0.05) is 43.2 Å². The molecule has 0 amide bonds. The summed E-state index contributed by atoms with van der Waals surface area (Å²) in [5.74, 6) is 1.39. The highest BCUT2D eigenvalue weighted by molar-refractivity contribution is 5.20. The van der Waals surface area contributed by atoms with Gasteiger partial charge in [0.1, 0.15) is 0 Å². The normalized spacial score (nSPS) is 19.3. The quantitative estimate of drug-likeness (QED) is 0.797. The van der Waals surface area contributed by atoms with Crippen LogP contribution < -0.4 is 0 Å². The fourth-order valence-electron chi connectivity index (χ4n) is 2.87. The molecule has 0 aliphatic heterocycles. The van der Waals surface area contributed by atoms with Gasteiger partial charge in [-0.15, -0.1) is 0 Å². The number of rotatable bonds is 4. The standard InChI is InChI=1S/C14H20O/c15-11-10-14(13-8-4-5-9-13)12-6-2-1-3-7-12/h1-3,6-7,13-15H,4-5,8-11H2. The molecule has 1 aromatic rings. The summed E-state index contributed by atoms with van der Waals surface area (Å²) in [5.41, 5.74) is 1.42. The lowest BCUT2D eigenvalue weighted by atomic mass is 9.83. The second-order valence-electron chi connectivity index (χ2n) is 4.57. The first-order valence-corrected chi connectivity index (χ1v) is 6.07. The summed E-state index contributed by atoms with van der Waals surface area (Å²) in [5, 5.41) is 9.16. The zero-order valence-corrected chi connectivity index (χ0v) is 9.23. The molecule has 1 aliphatic rings. The van der Waals surface area contributed by atoms with Gasteiger partial charge in [-0.3, -0.25) is 0 Å². The minimum Gasteiger partial charge on any atom is -0.396 e. The smallest absolute Gasteiger partial charge is 0.0436 e. The minimum absolute atomic E-state index is 0.316. The molecule has 0 radical (unpaired) electrons. The molecule has 1 heteroatoms. The minimum atomic E-state index is 0.316. The van der Waals surface area contributed by atoms with E-state index in [4.69, 9.17) is 5.11 Å². The lowest BCUT2D eigenvalue weighted by Gasteiger charge is -2.23. The summed E-state index contributed by atoms with van der Waals surface area (Å²) in [7, 11) is 0. The number of aliphatic hydroxyl groups excluding tert-OH is 1. The zero-order chi connectivity index (χ0) is 10.5. The van der Waals surface area contributed by atoms with Gasteiger partial charge in [-0.25, -0.2) is 0 Å². The third-order valence-electron chi connectivity index (χ3n) is 3.64. The van der Waals surface area contributed by atoms with Gasteiger partial charge in [0.2, 0.25) is 0 Å². The van der Waals surface area contributed by atoms with Crippen LogP contribution in [-0.2, 0) is 0 Å². The number of benzene rings is 1. The highest BCUT2D eigenvalue weighted by Gasteiger charge is 2.25. The van der Waals surface area contributed by atoms with Crippen LogP contribution in [0.1, 0.15) is 43.6 Å². The molecule has 0 spiro atoms. The molecule has 0 saturated heterocycles. The van der Waals surface area contributed by atoms with E-state index < -0.39 is 0 Å². The maximum Gasteiger partial charge on any atom is 0.0436 e. The van der Waals surface area contributed by atoms with Gasteiger partial charge in [-0.2, -0.15) is 0 Å². The van der Waals surface area contributed by atoms with E-state index in [0.29, 0.717) is 12.5 Å². The van der Waals surface area contributed by atoms with Crippen molar-refractivity contribution >= 4 is 0 Å². The second kappa shape index (κ2) is 5.32. The van der Waals surface area contributed by atoms with E-state index in [1.807, 2.05) is 0 Å². The summed E-state index contributed by atoms with van der Waals surface area (Å²) >= 11 is 0. The lowest BCUT2D eigenvalue weighted by molar-refractivity contribution is 0.254. The van der Waals surface area contributed by atoms with Crippen LogP contribution in [0.2, 0.25) is 0 Å². The van der Waals surface area contributed by atoms with Crippen molar-refractivity contribution in [3.8, 4) is 0 Å². The molecule has 1 aliphatic carbocycles. The van der Waals surface area contributed by atoms with E-state index in [9.17, 15) is 0 Å². The Hall–Kier alpha value is -0.820. The lowest BCUT2D eigenvalue weighted by Crippen LogP contribution is -2.11. The van der Waals surface area contributed by atoms with Gasteiger partial charge in [0.05, 0.1) is 0 Å². The van der Waals surface area contributed by atoms with Crippen molar-refractivity contribution < 1.29 is 5.11 Å². The first-order chi connectivity index (χ1) is 7.42. The van der Waals surface area contributed by atoms with Crippen LogP contribution in [0.25, 0.3) is 0 Å². The van der Waals surface area contributed by atoms with E-state index in [-0.39, 0.29) is 0 Å². The summed E-state index contributed by atoms with van der Waals surface area (Å²) < 4.78 is 0. The fraction of sp³-hybridized carbons (Fsp3) is 0.571. The van der Waals surface area contributed by atoms with Crippen LogP contribution >= 0.6 is 0 Å². The molecule has 1 N–H and O–H groups in total. The second-order valence-corrected chi connectivity index (χ2v) is 4.57. The van der Waals surface area contributed by atoms with Crippen LogP contribution in [0.5, 0.6) is 0 Å². The first kappa shape index (κ1) is 10.7. The summed E-state index contributed by atoms with van der Waals surface area (Å²) in [6.07, 6.45) is 6.37. The zero-order valence-electron chi connectivity index (χ0n) is 9.23. The molecule has 1 aromatic carbocycles. The maximum absolute atomic E-state index is 9.16. The van der Waals surface area contributed by atoms with Gasteiger partial charge < -0.3 is 5.11 Å². The van der Waals surface area contributed by atoms with Crippen molar-refractivity contribution in [3.63, 3.8) is 0 Å². The van der Waals surface area contributed by atoms with Crippen molar-refractivity contribution in [1.82, 2.24) is 0 Å². The third kappa shape index (κ3) is 2.60. The Bertz CT molecular complexity index is 275. The molecular weight excluding hydrogens is 184 g/mol. The summed E-state index contributed by atoms with van der Waals surface area (Å²) in [4.78, 5) is 0. The maximum atomic E-state index is 9.16. The van der Waals surface area contributed by atoms with Crippen molar-refractivity contribution in [3.05, 3.63) is 35.9 Å². The molecule has 1 nitrogen and oxygen atoms in total. The molecule has 0 heterocycles. The fourth-order valence-corrected chi connectivity index (χ4v) is 2.87. The van der Waals surface area contributed by atoms with E-state index >= 15 is 0 Å². The van der Waals surface area contributed by atoms with Crippen LogP contribution in [0.15, 0.2) is 30.3 Å². The van der Waals surface area contributed by atoms with Crippen LogP contribution in [0.4, 0.5) is 0 Å². The molecule has 1 atom stereocenters. The third-order valence-corrected chi connectivity index (χ3v) is 3.64. The van der Waals surface area contributed by atoms with Crippen molar-refractivity contribution in [1.29, 1.82) is 0 Å². The monoisotopic (exact) mass is 204 g/mol. The highest BCUT2D eigenvalue weighted by atomic mass is 16.3. The Morgan fingerprint density at radius 3 is 2.40 bits per heavy atom. The SMILES string of the molecule is OCCC(c1ccccc1)C1CCCC1. The predicted octanol–water partition coefficient (Wildman–Crippen LogP) is 3.34. The summed E-state index contributed by atoms with van der Waals surface area (Å²) in [6.45, 7) is 0.316. The Kier molecular flexibility index (Phi) is 3.79. The molecular formula is C14H20O. The Labute approximate surface area is 92.1 Å². The molecule has 1 unspecified atom stereocenters. The summed E-state index contributed by atoms with van der Waals surface area (Å²) in [6, 6.07) is 10.7. The molecule has 0 bridgehead atoms. The average Bonchev–Trinajstić information content (AvgIpc) is 2.80. The average molecular weight is 204 g/mol. The molecule has 82 valence electrons. The number of aliphatic hydroxyl groups is 1. The van der Waals surface area contributed by atoms with Gasteiger partial charge >= 0.3 is 0 Å². The van der Waals surface area contributed by atoms with Crippen LogP contribution in [0.3, 0.4) is 0 Å². The van der Waals surface area contributed by atoms with Crippen molar-refractivity contribution in [2.45, 2.75) is 38.0 Å². The molecule has 1 saturated carbocycles. The van der Waals surface area contributed by atoms with Crippen molar-refractivity contribution in [2.75, 3.05) is 6.61 Å². The van der Waals surface area contributed by atoms with Gasteiger partial charge in [0.25, 0.3) is 0 Å². The van der Waals surface area contributed by atoms with Crippen LogP contribution in [0, 0.1) is 5.92 Å². The first-order valence-electron chi connectivity index (χ1n) is 6.07. The molecule has 1 fully saturated rings. The molecule has 2 rings (SSSR count). The van der Waals surface area contributed by atoms with Gasteiger partial charge in [-0.05, 0) is 36.7 Å². The van der Waals surface area contributed by atoms with Crippen molar-refractivity contribution in [2.24, 2.45) is 5.92 Å². The van der Waals surface area contributed by atoms with Crippen LogP contribution in [-0.4, -0.2) is 11.7 Å². The Balaban J connectivity index is 2.11. The van der Waals surface area contributed by atoms with Gasteiger partial charge in [0.15, 0.2) is 0 Å². The predicted molar refractivity (Wildman–Crippen MR) is 62.8 cm³/mol. The number of hydrogen-bond acceptors (Lipinski definition) is 1. The Morgan fingerprint density at radius 1 is 1.13 bits per heavy atom. The number of hydrogen-bond donors (Lipinski definition) is 1. The van der Waals surface area contributed by atoms with E-state index in [1.165, 1.54) is 31.2 Å². The molecule has 0 aromatic heterocycles. The highest BCUT2D eigenvalue weighted by Crippen LogP contribution is 2.38.